The zero-order valence-corrected chi connectivity index (χ0v) is 12.6. The van der Waals surface area contributed by atoms with E-state index in [1.807, 2.05) is 12.2 Å². The first-order valence-corrected chi connectivity index (χ1v) is 8.06. The predicted molar refractivity (Wildman–Crippen MR) is 92.2 cm³/mol. The summed E-state index contributed by atoms with van der Waals surface area (Å²) in [6.45, 7) is 5.87. The monoisotopic (exact) mass is 278 g/mol. The largest absolute Gasteiger partial charge is 0.0991 e. The fourth-order valence-corrected chi connectivity index (χ4v) is 4.40. The van der Waals surface area contributed by atoms with E-state index in [9.17, 15) is 0 Å². The molecule has 1 heteroatoms. The van der Waals surface area contributed by atoms with Gasteiger partial charge in [0, 0.05) is 0 Å². The third kappa shape index (κ3) is 3.56. The summed E-state index contributed by atoms with van der Waals surface area (Å²) in [7, 11) is -0.499. The lowest BCUT2D eigenvalue weighted by Gasteiger charge is -2.20. The van der Waals surface area contributed by atoms with Crippen molar-refractivity contribution in [2.75, 3.05) is 0 Å². The Labute approximate surface area is 122 Å². The standard InChI is InChI=1S/C19H19P/c1-3-5-12-17(4-2)20(18-13-8-6-9-14-18)19-15-10-7-11-16-19/h3-16H,1H2,2H3/b12-5-,17-4+. The van der Waals surface area contributed by atoms with Gasteiger partial charge < -0.3 is 0 Å². The fourth-order valence-electron chi connectivity index (χ4n) is 2.07. The van der Waals surface area contributed by atoms with Gasteiger partial charge in [-0.3, -0.25) is 0 Å². The molecule has 0 amide bonds. The van der Waals surface area contributed by atoms with Crippen molar-refractivity contribution in [1.29, 1.82) is 0 Å². The average Bonchev–Trinajstić information content (AvgIpc) is 2.53. The Bertz CT molecular complexity index is 555. The first-order valence-electron chi connectivity index (χ1n) is 6.72. The summed E-state index contributed by atoms with van der Waals surface area (Å²) < 4.78 is 0. The van der Waals surface area contributed by atoms with E-state index < -0.39 is 7.92 Å². The van der Waals surface area contributed by atoms with E-state index in [0.717, 1.165) is 0 Å². The van der Waals surface area contributed by atoms with Crippen LogP contribution < -0.4 is 10.6 Å². The molecule has 2 aromatic rings. The van der Waals surface area contributed by atoms with Crippen LogP contribution in [0.15, 0.2) is 96.9 Å². The molecule has 0 unspecified atom stereocenters. The lowest BCUT2D eigenvalue weighted by atomic mass is 10.4. The topological polar surface area (TPSA) is 0 Å². The number of hydrogen-bond acceptors (Lipinski definition) is 0. The minimum Gasteiger partial charge on any atom is -0.0991 e. The Morgan fingerprint density at radius 2 is 1.40 bits per heavy atom. The molecule has 100 valence electrons. The quantitative estimate of drug-likeness (QED) is 0.546. The van der Waals surface area contributed by atoms with Crippen molar-refractivity contribution < 1.29 is 0 Å². The van der Waals surface area contributed by atoms with Gasteiger partial charge >= 0.3 is 0 Å². The van der Waals surface area contributed by atoms with Gasteiger partial charge in [0.2, 0.25) is 0 Å². The SMILES string of the molecule is C=C/C=C\C(=C/C)P(c1ccccc1)c1ccccc1. The Hall–Kier alpha value is -1.91. The van der Waals surface area contributed by atoms with E-state index in [4.69, 9.17) is 0 Å². The summed E-state index contributed by atoms with van der Waals surface area (Å²) in [5.74, 6) is 0. The first-order chi connectivity index (χ1) is 9.86. The molecule has 0 nitrogen and oxygen atoms in total. The molecule has 0 atom stereocenters. The van der Waals surface area contributed by atoms with Crippen LogP contribution in [0.25, 0.3) is 0 Å². The zero-order valence-electron chi connectivity index (χ0n) is 11.7. The highest BCUT2D eigenvalue weighted by atomic mass is 31.1. The Kier molecular flexibility index (Phi) is 5.53. The second-order valence-corrected chi connectivity index (χ2v) is 6.53. The van der Waals surface area contributed by atoms with Gasteiger partial charge in [0.1, 0.15) is 0 Å². The molecule has 0 bridgehead atoms. The highest BCUT2D eigenvalue weighted by Gasteiger charge is 2.15. The summed E-state index contributed by atoms with van der Waals surface area (Å²) in [4.78, 5) is 0. The van der Waals surface area contributed by atoms with E-state index in [1.165, 1.54) is 15.9 Å². The molecular weight excluding hydrogens is 259 g/mol. The second kappa shape index (κ2) is 7.62. The molecule has 2 rings (SSSR count). The molecule has 20 heavy (non-hydrogen) atoms. The van der Waals surface area contributed by atoms with Gasteiger partial charge in [-0.25, -0.2) is 0 Å². The minimum absolute atomic E-state index is 0.499. The molecule has 0 aliphatic heterocycles. The van der Waals surface area contributed by atoms with Gasteiger partial charge in [0.25, 0.3) is 0 Å². The van der Waals surface area contributed by atoms with E-state index in [2.05, 4.69) is 86.3 Å². The van der Waals surface area contributed by atoms with Crippen molar-refractivity contribution in [3.05, 3.63) is 96.9 Å². The lowest BCUT2D eigenvalue weighted by Crippen LogP contribution is -2.12. The summed E-state index contributed by atoms with van der Waals surface area (Å²) >= 11 is 0. The van der Waals surface area contributed by atoms with Crippen molar-refractivity contribution in [3.63, 3.8) is 0 Å². The van der Waals surface area contributed by atoms with Crippen molar-refractivity contribution in [2.24, 2.45) is 0 Å². The van der Waals surface area contributed by atoms with Gasteiger partial charge in [-0.05, 0) is 30.8 Å². The van der Waals surface area contributed by atoms with E-state index in [-0.39, 0.29) is 0 Å². The summed E-state index contributed by atoms with van der Waals surface area (Å²) in [6.07, 6.45) is 8.20. The summed E-state index contributed by atoms with van der Waals surface area (Å²) in [5.41, 5.74) is 0. The maximum Gasteiger partial charge on any atom is -0.0138 e. The summed E-state index contributed by atoms with van der Waals surface area (Å²) in [5, 5.41) is 4.09. The van der Waals surface area contributed by atoms with Crippen molar-refractivity contribution in [2.45, 2.75) is 6.92 Å². The van der Waals surface area contributed by atoms with Crippen molar-refractivity contribution >= 4 is 18.5 Å². The molecule has 0 aliphatic rings. The van der Waals surface area contributed by atoms with E-state index >= 15 is 0 Å². The summed E-state index contributed by atoms with van der Waals surface area (Å²) in [6, 6.07) is 21.4. The number of allylic oxidation sites excluding steroid dienone is 5. The van der Waals surface area contributed by atoms with Crippen LogP contribution in [0.1, 0.15) is 6.92 Å². The third-order valence-corrected chi connectivity index (χ3v) is 5.54. The number of benzene rings is 2. The molecule has 0 heterocycles. The van der Waals surface area contributed by atoms with Crippen LogP contribution >= 0.6 is 7.92 Å². The van der Waals surface area contributed by atoms with Crippen LogP contribution in [-0.2, 0) is 0 Å². The number of rotatable bonds is 5. The van der Waals surface area contributed by atoms with Gasteiger partial charge in [-0.2, -0.15) is 0 Å². The van der Waals surface area contributed by atoms with Crippen LogP contribution in [0.5, 0.6) is 0 Å². The molecule has 0 fully saturated rings. The van der Waals surface area contributed by atoms with Crippen molar-refractivity contribution in [3.8, 4) is 0 Å². The van der Waals surface area contributed by atoms with E-state index in [1.54, 1.807) is 0 Å². The molecule has 0 aromatic heterocycles. The van der Waals surface area contributed by atoms with Crippen LogP contribution in [-0.4, -0.2) is 0 Å². The highest BCUT2D eigenvalue weighted by Crippen LogP contribution is 2.43. The molecule has 0 radical (unpaired) electrons. The maximum atomic E-state index is 3.76. The first kappa shape index (κ1) is 14.5. The molecule has 0 N–H and O–H groups in total. The lowest BCUT2D eigenvalue weighted by molar-refractivity contribution is 1.68. The molecule has 0 aliphatic carbocycles. The Balaban J connectivity index is 2.50. The average molecular weight is 278 g/mol. The van der Waals surface area contributed by atoms with Gasteiger partial charge in [-0.1, -0.05) is 91.5 Å². The molecular formula is C19H19P. The molecule has 0 saturated heterocycles. The van der Waals surface area contributed by atoms with Crippen LogP contribution in [0.4, 0.5) is 0 Å². The second-order valence-electron chi connectivity index (χ2n) is 4.31. The molecule has 0 spiro atoms. The van der Waals surface area contributed by atoms with Crippen LogP contribution in [0, 0.1) is 0 Å². The predicted octanol–water partition coefficient (Wildman–Crippen LogP) is 4.77. The van der Waals surface area contributed by atoms with Crippen LogP contribution in [0.2, 0.25) is 0 Å². The fraction of sp³-hybridized carbons (Fsp3) is 0.0526. The smallest absolute Gasteiger partial charge is 0.0138 e. The van der Waals surface area contributed by atoms with Gasteiger partial charge in [0.05, 0.1) is 0 Å². The Morgan fingerprint density at radius 3 is 1.80 bits per heavy atom. The van der Waals surface area contributed by atoms with Gasteiger partial charge in [0.15, 0.2) is 0 Å². The third-order valence-electron chi connectivity index (χ3n) is 2.99. The zero-order chi connectivity index (χ0) is 14.2. The van der Waals surface area contributed by atoms with Crippen molar-refractivity contribution in [1.82, 2.24) is 0 Å². The number of hydrogen-bond donors (Lipinski definition) is 0. The molecule has 0 saturated carbocycles. The Morgan fingerprint density at radius 1 is 0.900 bits per heavy atom. The van der Waals surface area contributed by atoms with Crippen LogP contribution in [0.3, 0.4) is 0 Å². The minimum atomic E-state index is -0.499. The normalized spacial score (nSPS) is 12.0. The van der Waals surface area contributed by atoms with Gasteiger partial charge in [-0.15, -0.1) is 0 Å². The maximum absolute atomic E-state index is 3.76. The highest BCUT2D eigenvalue weighted by molar-refractivity contribution is 7.77. The van der Waals surface area contributed by atoms with E-state index in [0.29, 0.717) is 0 Å². The molecule has 2 aromatic carbocycles.